The molecule has 0 bridgehead atoms. The Kier molecular flexibility index (Phi) is 3.95. The summed E-state index contributed by atoms with van der Waals surface area (Å²) in [5, 5.41) is 3.44. The van der Waals surface area contributed by atoms with E-state index in [-0.39, 0.29) is 0 Å². The van der Waals surface area contributed by atoms with Gasteiger partial charge in [0, 0.05) is 27.0 Å². The average molecular weight is 407 g/mol. The van der Waals surface area contributed by atoms with Gasteiger partial charge in [-0.2, -0.15) is 0 Å². The van der Waals surface area contributed by atoms with Gasteiger partial charge in [0.15, 0.2) is 0 Å². The van der Waals surface area contributed by atoms with Crippen molar-refractivity contribution in [3.63, 3.8) is 0 Å². The minimum Gasteiger partial charge on any atom is -0.354 e. The lowest BCUT2D eigenvalue weighted by molar-refractivity contribution is 1.31. The monoisotopic (exact) mass is 405 g/mol. The second-order valence-electron chi connectivity index (χ2n) is 4.93. The molecule has 1 aromatic carbocycles. The second-order valence-corrected chi connectivity index (χ2v) is 6.64. The number of nitrogens with zero attached hydrogens (tertiary/aromatic N) is 2. The van der Waals surface area contributed by atoms with Crippen LogP contribution < -0.4 is 5.32 Å². The Labute approximate surface area is 140 Å². The standard InChI is InChI=1S/C16H13Br2N3/c1-9-5-12(6-10(2)15(9)18)21-13-3-4-19-14-7-11(17)8-20-16(13)14/h3-8H,1-2H3,(H,19,21). The number of aromatic nitrogens is 2. The molecule has 0 radical (unpaired) electrons. The maximum Gasteiger partial charge on any atom is 0.112 e. The van der Waals surface area contributed by atoms with Crippen molar-refractivity contribution in [3.8, 4) is 0 Å². The predicted octanol–water partition coefficient (Wildman–Crippen LogP) is 5.52. The van der Waals surface area contributed by atoms with Gasteiger partial charge in [-0.05, 0) is 65.2 Å². The van der Waals surface area contributed by atoms with Gasteiger partial charge in [-0.1, -0.05) is 15.9 Å². The minimum absolute atomic E-state index is 0.860. The van der Waals surface area contributed by atoms with Crippen LogP contribution in [-0.4, -0.2) is 9.97 Å². The number of halogens is 2. The first kappa shape index (κ1) is 14.5. The quantitative estimate of drug-likeness (QED) is 0.609. The van der Waals surface area contributed by atoms with Crippen molar-refractivity contribution in [3.05, 3.63) is 56.7 Å². The topological polar surface area (TPSA) is 37.8 Å². The number of fused-ring (bicyclic) bond motifs is 1. The van der Waals surface area contributed by atoms with Crippen LogP contribution >= 0.6 is 31.9 Å². The number of pyridine rings is 2. The molecule has 3 aromatic rings. The van der Waals surface area contributed by atoms with Gasteiger partial charge in [0.05, 0.1) is 11.2 Å². The zero-order valence-corrected chi connectivity index (χ0v) is 14.8. The molecule has 21 heavy (non-hydrogen) atoms. The highest BCUT2D eigenvalue weighted by Crippen LogP contribution is 2.29. The molecule has 0 atom stereocenters. The van der Waals surface area contributed by atoms with Crippen LogP contribution in [-0.2, 0) is 0 Å². The van der Waals surface area contributed by atoms with Crippen LogP contribution in [0.3, 0.4) is 0 Å². The van der Waals surface area contributed by atoms with Gasteiger partial charge in [-0.15, -0.1) is 0 Å². The van der Waals surface area contributed by atoms with Gasteiger partial charge in [0.25, 0.3) is 0 Å². The van der Waals surface area contributed by atoms with Gasteiger partial charge in [0.1, 0.15) is 5.52 Å². The summed E-state index contributed by atoms with van der Waals surface area (Å²) < 4.78 is 2.07. The van der Waals surface area contributed by atoms with Crippen LogP contribution in [0.4, 0.5) is 11.4 Å². The third kappa shape index (κ3) is 2.94. The van der Waals surface area contributed by atoms with Crippen molar-refractivity contribution in [2.24, 2.45) is 0 Å². The molecule has 0 unspecified atom stereocenters. The molecule has 2 heterocycles. The first-order valence-corrected chi connectivity index (χ1v) is 8.07. The molecule has 2 aromatic heterocycles. The smallest absolute Gasteiger partial charge is 0.112 e. The normalized spacial score (nSPS) is 10.9. The summed E-state index contributed by atoms with van der Waals surface area (Å²) in [6, 6.07) is 8.13. The summed E-state index contributed by atoms with van der Waals surface area (Å²) in [4.78, 5) is 8.81. The molecule has 0 fully saturated rings. The van der Waals surface area contributed by atoms with Crippen molar-refractivity contribution in [2.45, 2.75) is 13.8 Å². The van der Waals surface area contributed by atoms with E-state index in [2.05, 4.69) is 73.1 Å². The fourth-order valence-electron chi connectivity index (χ4n) is 2.28. The van der Waals surface area contributed by atoms with E-state index in [9.17, 15) is 0 Å². The van der Waals surface area contributed by atoms with Crippen molar-refractivity contribution >= 4 is 54.3 Å². The number of nitrogens with one attached hydrogen (secondary N) is 1. The van der Waals surface area contributed by atoms with Gasteiger partial charge < -0.3 is 5.32 Å². The van der Waals surface area contributed by atoms with E-state index in [1.165, 1.54) is 11.1 Å². The summed E-state index contributed by atoms with van der Waals surface area (Å²) >= 11 is 7.01. The Bertz CT molecular complexity index is 808. The molecule has 1 N–H and O–H groups in total. The fraction of sp³-hybridized carbons (Fsp3) is 0.125. The van der Waals surface area contributed by atoms with Gasteiger partial charge in [-0.25, -0.2) is 0 Å². The van der Waals surface area contributed by atoms with Crippen LogP contribution in [0.15, 0.2) is 45.6 Å². The number of hydrogen-bond acceptors (Lipinski definition) is 3. The zero-order valence-electron chi connectivity index (χ0n) is 11.6. The molecule has 0 saturated carbocycles. The average Bonchev–Trinajstić information content (AvgIpc) is 2.44. The van der Waals surface area contributed by atoms with E-state index in [1.807, 2.05) is 12.1 Å². The summed E-state index contributed by atoms with van der Waals surface area (Å²) in [6.45, 7) is 4.17. The number of rotatable bonds is 2. The fourth-order valence-corrected chi connectivity index (χ4v) is 2.83. The van der Waals surface area contributed by atoms with Crippen LogP contribution in [0.5, 0.6) is 0 Å². The molecule has 0 amide bonds. The van der Waals surface area contributed by atoms with Gasteiger partial charge in [0.2, 0.25) is 0 Å². The summed E-state index contributed by atoms with van der Waals surface area (Å²) in [5.74, 6) is 0. The van der Waals surface area contributed by atoms with E-state index in [4.69, 9.17) is 0 Å². The molecule has 0 saturated heterocycles. The Morgan fingerprint density at radius 3 is 2.43 bits per heavy atom. The lowest BCUT2D eigenvalue weighted by Gasteiger charge is -2.12. The molecular weight excluding hydrogens is 394 g/mol. The minimum atomic E-state index is 0.860. The molecule has 3 rings (SSSR count). The predicted molar refractivity (Wildman–Crippen MR) is 94.1 cm³/mol. The van der Waals surface area contributed by atoms with Crippen molar-refractivity contribution in [2.75, 3.05) is 5.32 Å². The molecule has 0 aliphatic heterocycles. The Hall–Kier alpha value is -1.46. The van der Waals surface area contributed by atoms with Crippen molar-refractivity contribution in [1.29, 1.82) is 0 Å². The number of aryl methyl sites for hydroxylation is 2. The first-order chi connectivity index (χ1) is 10.0. The number of hydrogen-bond donors (Lipinski definition) is 1. The number of anilines is 2. The lowest BCUT2D eigenvalue weighted by atomic mass is 10.1. The number of benzene rings is 1. The van der Waals surface area contributed by atoms with Gasteiger partial charge >= 0.3 is 0 Å². The molecular formula is C16H13Br2N3. The molecule has 3 nitrogen and oxygen atoms in total. The van der Waals surface area contributed by atoms with E-state index in [0.717, 1.165) is 31.4 Å². The molecule has 5 heteroatoms. The molecule has 0 spiro atoms. The Balaban J connectivity index is 2.06. The zero-order chi connectivity index (χ0) is 15.0. The summed E-state index contributed by atoms with van der Waals surface area (Å²) in [5.41, 5.74) is 6.12. The van der Waals surface area contributed by atoms with E-state index in [1.54, 1.807) is 12.4 Å². The maximum absolute atomic E-state index is 4.46. The van der Waals surface area contributed by atoms with Crippen molar-refractivity contribution in [1.82, 2.24) is 9.97 Å². The lowest BCUT2D eigenvalue weighted by Crippen LogP contribution is -1.96. The van der Waals surface area contributed by atoms with Crippen LogP contribution in [0.2, 0.25) is 0 Å². The van der Waals surface area contributed by atoms with Crippen molar-refractivity contribution < 1.29 is 0 Å². The Morgan fingerprint density at radius 2 is 1.71 bits per heavy atom. The van der Waals surface area contributed by atoms with Crippen LogP contribution in [0.25, 0.3) is 11.0 Å². The third-order valence-corrected chi connectivity index (χ3v) is 4.94. The van der Waals surface area contributed by atoms with E-state index >= 15 is 0 Å². The van der Waals surface area contributed by atoms with E-state index in [0.29, 0.717) is 0 Å². The largest absolute Gasteiger partial charge is 0.354 e. The Morgan fingerprint density at radius 1 is 1.00 bits per heavy atom. The second kappa shape index (κ2) is 5.73. The highest BCUT2D eigenvalue weighted by molar-refractivity contribution is 9.10. The van der Waals surface area contributed by atoms with Gasteiger partial charge in [-0.3, -0.25) is 9.97 Å². The SMILES string of the molecule is Cc1cc(Nc2ccnc3cc(Br)cnc23)cc(C)c1Br. The maximum atomic E-state index is 4.46. The van der Waals surface area contributed by atoms with Crippen LogP contribution in [0, 0.1) is 13.8 Å². The molecule has 106 valence electrons. The molecule has 0 aliphatic carbocycles. The highest BCUT2D eigenvalue weighted by atomic mass is 79.9. The first-order valence-electron chi connectivity index (χ1n) is 6.48. The van der Waals surface area contributed by atoms with Crippen LogP contribution in [0.1, 0.15) is 11.1 Å². The summed E-state index contributed by atoms with van der Waals surface area (Å²) in [7, 11) is 0. The third-order valence-electron chi connectivity index (χ3n) is 3.26. The molecule has 0 aliphatic rings. The summed E-state index contributed by atoms with van der Waals surface area (Å²) in [6.07, 6.45) is 3.57. The van der Waals surface area contributed by atoms with E-state index < -0.39 is 0 Å². The highest BCUT2D eigenvalue weighted by Gasteiger charge is 2.07.